The number of benzene rings is 1. The highest BCUT2D eigenvalue weighted by Gasteiger charge is 2.23. The SMILES string of the molecule is CC(C)(C)OC(=O)NCCc1ccc(OC(=O)OC(C)(C)C)c(OC(=O)OC(C)(C)C)c1. The molecule has 0 saturated heterocycles. The van der Waals surface area contributed by atoms with Crippen molar-refractivity contribution < 1.29 is 38.1 Å². The summed E-state index contributed by atoms with van der Waals surface area (Å²) in [5.41, 5.74) is -1.40. The van der Waals surface area contributed by atoms with Crippen LogP contribution in [0.15, 0.2) is 18.2 Å². The smallest absolute Gasteiger partial charge is 0.444 e. The van der Waals surface area contributed by atoms with Crippen molar-refractivity contribution in [2.24, 2.45) is 0 Å². The van der Waals surface area contributed by atoms with Gasteiger partial charge in [0.05, 0.1) is 0 Å². The van der Waals surface area contributed by atoms with Crippen molar-refractivity contribution in [3.63, 3.8) is 0 Å². The fourth-order valence-electron chi connectivity index (χ4n) is 2.22. The van der Waals surface area contributed by atoms with E-state index in [9.17, 15) is 14.4 Å². The number of hydrogen-bond donors (Lipinski definition) is 1. The standard InChI is InChI=1S/C23H35NO8/c1-21(2,3)30-18(25)24-13-12-15-10-11-16(28-19(26)31-22(4,5)6)17(14-15)29-20(27)32-23(7,8)9/h10-11,14H,12-13H2,1-9H3,(H,24,25). The van der Waals surface area contributed by atoms with Gasteiger partial charge >= 0.3 is 18.4 Å². The van der Waals surface area contributed by atoms with Crippen LogP contribution in [-0.4, -0.2) is 41.8 Å². The normalized spacial score (nSPS) is 11.9. The molecule has 0 fully saturated rings. The van der Waals surface area contributed by atoms with E-state index in [1.165, 1.54) is 12.1 Å². The molecule has 1 N–H and O–H groups in total. The van der Waals surface area contributed by atoms with Gasteiger partial charge in [0.1, 0.15) is 16.8 Å². The summed E-state index contributed by atoms with van der Waals surface area (Å²) in [6.45, 7) is 15.8. The van der Waals surface area contributed by atoms with Crippen molar-refractivity contribution in [3.05, 3.63) is 23.8 Å². The second kappa shape index (κ2) is 10.6. The molecule has 0 aliphatic heterocycles. The molecular weight excluding hydrogens is 418 g/mol. The van der Waals surface area contributed by atoms with E-state index in [1.807, 2.05) is 0 Å². The van der Waals surface area contributed by atoms with Gasteiger partial charge in [-0.25, -0.2) is 14.4 Å². The lowest BCUT2D eigenvalue weighted by Crippen LogP contribution is -2.33. The molecule has 0 radical (unpaired) electrons. The van der Waals surface area contributed by atoms with E-state index >= 15 is 0 Å². The first kappa shape index (κ1) is 27.1. The van der Waals surface area contributed by atoms with E-state index in [2.05, 4.69) is 5.32 Å². The summed E-state index contributed by atoms with van der Waals surface area (Å²) < 4.78 is 26.0. The van der Waals surface area contributed by atoms with Crippen molar-refractivity contribution in [2.75, 3.05) is 6.54 Å². The van der Waals surface area contributed by atoms with Gasteiger partial charge in [-0.3, -0.25) is 0 Å². The Bertz CT molecular complexity index is 813. The Kier molecular flexibility index (Phi) is 8.93. The third-order valence-corrected chi connectivity index (χ3v) is 3.26. The van der Waals surface area contributed by atoms with Gasteiger partial charge < -0.3 is 29.0 Å². The summed E-state index contributed by atoms with van der Waals surface area (Å²) in [5.74, 6) is -0.0196. The van der Waals surface area contributed by atoms with Crippen molar-refractivity contribution in [2.45, 2.75) is 85.5 Å². The first-order valence-corrected chi connectivity index (χ1v) is 10.3. The summed E-state index contributed by atoms with van der Waals surface area (Å²) in [4.78, 5) is 36.0. The molecular formula is C23H35NO8. The summed E-state index contributed by atoms with van der Waals surface area (Å²) in [7, 11) is 0. The van der Waals surface area contributed by atoms with Gasteiger partial charge in [-0.1, -0.05) is 6.07 Å². The van der Waals surface area contributed by atoms with Gasteiger partial charge in [-0.15, -0.1) is 0 Å². The van der Waals surface area contributed by atoms with E-state index in [4.69, 9.17) is 23.7 Å². The summed E-state index contributed by atoms with van der Waals surface area (Å²) in [6, 6.07) is 4.69. The highest BCUT2D eigenvalue weighted by Crippen LogP contribution is 2.30. The van der Waals surface area contributed by atoms with Crippen molar-refractivity contribution in [3.8, 4) is 11.5 Å². The summed E-state index contributed by atoms with van der Waals surface area (Å²) in [6.07, 6.45) is -2.01. The molecule has 0 unspecified atom stereocenters. The lowest BCUT2D eigenvalue weighted by atomic mass is 10.1. The largest absolute Gasteiger partial charge is 0.514 e. The minimum atomic E-state index is -0.949. The number of carbonyl (C=O) groups is 3. The lowest BCUT2D eigenvalue weighted by Gasteiger charge is -2.21. The molecule has 1 aromatic carbocycles. The topological polar surface area (TPSA) is 109 Å². The molecule has 0 aliphatic rings. The fourth-order valence-corrected chi connectivity index (χ4v) is 2.22. The zero-order chi connectivity index (χ0) is 24.7. The van der Waals surface area contributed by atoms with Crippen LogP contribution in [0.4, 0.5) is 14.4 Å². The third-order valence-electron chi connectivity index (χ3n) is 3.26. The predicted molar refractivity (Wildman–Crippen MR) is 118 cm³/mol. The number of nitrogens with one attached hydrogen (secondary N) is 1. The number of alkyl carbamates (subject to hydrolysis) is 1. The zero-order valence-electron chi connectivity index (χ0n) is 20.4. The molecule has 1 rings (SSSR count). The van der Waals surface area contributed by atoms with Crippen LogP contribution in [0.25, 0.3) is 0 Å². The maximum atomic E-state index is 12.2. The Hall–Kier alpha value is -2.97. The second-order valence-electron chi connectivity index (χ2n) is 10.1. The molecule has 0 bridgehead atoms. The highest BCUT2D eigenvalue weighted by atomic mass is 16.8. The van der Waals surface area contributed by atoms with E-state index in [0.29, 0.717) is 6.42 Å². The van der Waals surface area contributed by atoms with Gasteiger partial charge in [-0.05, 0) is 86.4 Å². The number of carbonyl (C=O) groups excluding carboxylic acids is 3. The first-order valence-electron chi connectivity index (χ1n) is 10.3. The third kappa shape index (κ3) is 12.0. The molecule has 32 heavy (non-hydrogen) atoms. The summed E-state index contributed by atoms with van der Waals surface area (Å²) in [5, 5.41) is 2.65. The molecule has 0 atom stereocenters. The monoisotopic (exact) mass is 453 g/mol. The van der Waals surface area contributed by atoms with Crippen LogP contribution >= 0.6 is 0 Å². The molecule has 1 amide bonds. The van der Waals surface area contributed by atoms with E-state index in [1.54, 1.807) is 68.4 Å². The number of hydrogen-bond acceptors (Lipinski definition) is 8. The van der Waals surface area contributed by atoms with Gasteiger partial charge in [0, 0.05) is 6.54 Å². The van der Waals surface area contributed by atoms with Gasteiger partial charge in [0.15, 0.2) is 11.5 Å². The molecule has 0 aromatic heterocycles. The molecule has 9 nitrogen and oxygen atoms in total. The Balaban J connectivity index is 2.94. The minimum Gasteiger partial charge on any atom is -0.444 e. The molecule has 0 aliphatic carbocycles. The lowest BCUT2D eigenvalue weighted by molar-refractivity contribution is 0.0137. The minimum absolute atomic E-state index is 0.00559. The Morgan fingerprint density at radius 2 is 1.19 bits per heavy atom. The number of ether oxygens (including phenoxy) is 5. The quantitative estimate of drug-likeness (QED) is 0.359. The summed E-state index contributed by atoms with van der Waals surface area (Å²) >= 11 is 0. The van der Waals surface area contributed by atoms with Gasteiger partial charge in [0.2, 0.25) is 0 Å². The Morgan fingerprint density at radius 1 is 0.719 bits per heavy atom. The highest BCUT2D eigenvalue weighted by molar-refractivity contribution is 5.70. The van der Waals surface area contributed by atoms with Crippen LogP contribution < -0.4 is 14.8 Å². The van der Waals surface area contributed by atoms with Gasteiger partial charge in [-0.2, -0.15) is 0 Å². The Morgan fingerprint density at radius 3 is 1.66 bits per heavy atom. The van der Waals surface area contributed by atoms with Crippen LogP contribution in [0.5, 0.6) is 11.5 Å². The van der Waals surface area contributed by atoms with Crippen LogP contribution in [0.3, 0.4) is 0 Å². The fraction of sp³-hybridized carbons (Fsp3) is 0.609. The maximum Gasteiger partial charge on any atom is 0.514 e. The Labute approximate surface area is 189 Å². The first-order chi connectivity index (χ1) is 14.4. The van der Waals surface area contributed by atoms with Crippen LogP contribution in [-0.2, 0) is 20.6 Å². The maximum absolute atomic E-state index is 12.2. The van der Waals surface area contributed by atoms with Crippen LogP contribution in [0, 0.1) is 0 Å². The molecule has 180 valence electrons. The van der Waals surface area contributed by atoms with Crippen LogP contribution in [0.1, 0.15) is 67.9 Å². The van der Waals surface area contributed by atoms with E-state index in [-0.39, 0.29) is 18.0 Å². The molecule has 0 heterocycles. The molecule has 0 spiro atoms. The molecule has 0 saturated carbocycles. The number of amides is 1. The van der Waals surface area contributed by atoms with Gasteiger partial charge in [0.25, 0.3) is 0 Å². The average Bonchev–Trinajstić information content (AvgIpc) is 2.51. The average molecular weight is 454 g/mol. The molecule has 9 heteroatoms. The van der Waals surface area contributed by atoms with Crippen molar-refractivity contribution in [1.82, 2.24) is 5.32 Å². The molecule has 1 aromatic rings. The van der Waals surface area contributed by atoms with Crippen molar-refractivity contribution in [1.29, 1.82) is 0 Å². The van der Waals surface area contributed by atoms with E-state index in [0.717, 1.165) is 5.56 Å². The number of rotatable bonds is 5. The second-order valence-corrected chi connectivity index (χ2v) is 10.1. The predicted octanol–water partition coefficient (Wildman–Crippen LogP) is 5.38. The van der Waals surface area contributed by atoms with E-state index < -0.39 is 35.2 Å². The van der Waals surface area contributed by atoms with Crippen LogP contribution in [0.2, 0.25) is 0 Å². The van der Waals surface area contributed by atoms with Crippen molar-refractivity contribution >= 4 is 18.4 Å². The zero-order valence-corrected chi connectivity index (χ0v) is 20.4.